The van der Waals surface area contributed by atoms with E-state index in [1.54, 1.807) is 12.3 Å². The summed E-state index contributed by atoms with van der Waals surface area (Å²) in [6.45, 7) is 3.93. The zero-order valence-corrected chi connectivity index (χ0v) is 13.2. The van der Waals surface area contributed by atoms with Gasteiger partial charge in [0.05, 0.1) is 11.2 Å². The molecule has 1 N–H and O–H groups in total. The molecule has 1 heterocycles. The number of ether oxygens (including phenoxy) is 1. The number of carbonyl (C=O) groups excluding carboxylic acids is 1. The summed E-state index contributed by atoms with van der Waals surface area (Å²) in [5.41, 5.74) is 3.70. The lowest BCUT2D eigenvalue weighted by atomic mass is 10.1. The molecule has 0 radical (unpaired) electrons. The molecule has 3 aromatic rings. The van der Waals surface area contributed by atoms with Gasteiger partial charge in [0.2, 0.25) is 0 Å². The highest BCUT2D eigenvalue weighted by atomic mass is 16.5. The van der Waals surface area contributed by atoms with E-state index in [1.807, 2.05) is 56.3 Å². The standard InChI is InChI=1S/C19H18N2O2/c1-13-7-8-14(2)18(11-13)23-12-19(22)21-17-9-10-20-16-6-4-3-5-15(16)17/h3-11H,12H2,1-2H3,(H,20,21,22). The van der Waals surface area contributed by atoms with Crippen LogP contribution in [0.25, 0.3) is 10.9 Å². The van der Waals surface area contributed by atoms with Gasteiger partial charge in [0.15, 0.2) is 6.61 Å². The Hall–Kier alpha value is -2.88. The van der Waals surface area contributed by atoms with Crippen molar-refractivity contribution >= 4 is 22.5 Å². The summed E-state index contributed by atoms with van der Waals surface area (Å²) in [6.07, 6.45) is 1.68. The average molecular weight is 306 g/mol. The smallest absolute Gasteiger partial charge is 0.262 e. The van der Waals surface area contributed by atoms with Crippen LogP contribution in [0.15, 0.2) is 54.7 Å². The van der Waals surface area contributed by atoms with Crippen molar-refractivity contribution in [2.24, 2.45) is 0 Å². The summed E-state index contributed by atoms with van der Waals surface area (Å²) >= 11 is 0. The zero-order valence-electron chi connectivity index (χ0n) is 13.2. The Morgan fingerprint density at radius 2 is 1.96 bits per heavy atom. The predicted molar refractivity (Wildman–Crippen MR) is 91.8 cm³/mol. The molecule has 0 fully saturated rings. The minimum absolute atomic E-state index is 0.0268. The second-order valence-electron chi connectivity index (χ2n) is 5.48. The van der Waals surface area contributed by atoms with Crippen molar-refractivity contribution in [1.29, 1.82) is 0 Å². The largest absolute Gasteiger partial charge is 0.483 e. The van der Waals surface area contributed by atoms with Crippen LogP contribution in [0.1, 0.15) is 11.1 Å². The highest BCUT2D eigenvalue weighted by molar-refractivity contribution is 6.01. The fourth-order valence-electron chi connectivity index (χ4n) is 2.40. The molecule has 2 aromatic carbocycles. The topological polar surface area (TPSA) is 51.2 Å². The number of nitrogens with zero attached hydrogens (tertiary/aromatic N) is 1. The second kappa shape index (κ2) is 6.48. The van der Waals surface area contributed by atoms with E-state index in [-0.39, 0.29) is 12.5 Å². The van der Waals surface area contributed by atoms with Gasteiger partial charge in [0.25, 0.3) is 5.91 Å². The van der Waals surface area contributed by atoms with Gasteiger partial charge in [0.1, 0.15) is 5.75 Å². The number of benzene rings is 2. The molecule has 0 spiro atoms. The molecule has 0 saturated carbocycles. The third-order valence-corrected chi connectivity index (χ3v) is 3.63. The van der Waals surface area contributed by atoms with Crippen LogP contribution in [-0.2, 0) is 4.79 Å². The molecule has 0 bridgehead atoms. The SMILES string of the molecule is Cc1ccc(C)c(OCC(=O)Nc2ccnc3ccccc23)c1. The second-order valence-corrected chi connectivity index (χ2v) is 5.48. The summed E-state index contributed by atoms with van der Waals surface area (Å²) in [5.74, 6) is 0.544. The van der Waals surface area contributed by atoms with Crippen molar-refractivity contribution in [2.45, 2.75) is 13.8 Å². The van der Waals surface area contributed by atoms with Crippen molar-refractivity contribution in [2.75, 3.05) is 11.9 Å². The molecule has 0 aliphatic carbocycles. The van der Waals surface area contributed by atoms with Crippen LogP contribution in [0.5, 0.6) is 5.75 Å². The van der Waals surface area contributed by atoms with Gasteiger partial charge < -0.3 is 10.1 Å². The number of carbonyl (C=O) groups is 1. The van der Waals surface area contributed by atoms with E-state index in [1.165, 1.54) is 0 Å². The van der Waals surface area contributed by atoms with Gasteiger partial charge in [-0.05, 0) is 43.2 Å². The van der Waals surface area contributed by atoms with Crippen LogP contribution in [0.4, 0.5) is 5.69 Å². The van der Waals surface area contributed by atoms with E-state index in [4.69, 9.17) is 4.74 Å². The third kappa shape index (κ3) is 3.48. The van der Waals surface area contributed by atoms with Gasteiger partial charge in [-0.3, -0.25) is 9.78 Å². The Labute approximate surface area is 135 Å². The molecule has 1 aromatic heterocycles. The van der Waals surface area contributed by atoms with Crippen molar-refractivity contribution in [3.05, 3.63) is 65.9 Å². The van der Waals surface area contributed by atoms with E-state index in [0.29, 0.717) is 0 Å². The lowest BCUT2D eigenvalue weighted by molar-refractivity contribution is -0.118. The summed E-state index contributed by atoms with van der Waals surface area (Å²) < 4.78 is 5.64. The monoisotopic (exact) mass is 306 g/mol. The number of hydrogen-bond acceptors (Lipinski definition) is 3. The number of hydrogen-bond donors (Lipinski definition) is 1. The number of amides is 1. The first-order valence-corrected chi connectivity index (χ1v) is 7.47. The normalized spacial score (nSPS) is 10.5. The Bertz CT molecular complexity index is 854. The maximum atomic E-state index is 12.2. The minimum Gasteiger partial charge on any atom is -0.483 e. The van der Waals surface area contributed by atoms with Gasteiger partial charge in [-0.15, -0.1) is 0 Å². The third-order valence-electron chi connectivity index (χ3n) is 3.63. The van der Waals surface area contributed by atoms with Crippen molar-refractivity contribution < 1.29 is 9.53 Å². The molecule has 0 saturated heterocycles. The first kappa shape index (κ1) is 15.0. The quantitative estimate of drug-likeness (QED) is 0.796. The molecule has 4 nitrogen and oxygen atoms in total. The number of pyridine rings is 1. The van der Waals surface area contributed by atoms with Crippen molar-refractivity contribution in [1.82, 2.24) is 4.98 Å². The van der Waals surface area contributed by atoms with Crippen LogP contribution in [-0.4, -0.2) is 17.5 Å². The van der Waals surface area contributed by atoms with Crippen LogP contribution in [0, 0.1) is 13.8 Å². The van der Waals surface area contributed by atoms with Gasteiger partial charge in [-0.25, -0.2) is 0 Å². The maximum Gasteiger partial charge on any atom is 0.262 e. The van der Waals surface area contributed by atoms with Crippen molar-refractivity contribution in [3.63, 3.8) is 0 Å². The number of aryl methyl sites for hydroxylation is 2. The number of para-hydroxylation sites is 1. The van der Waals surface area contributed by atoms with Crippen molar-refractivity contribution in [3.8, 4) is 5.75 Å². The highest BCUT2D eigenvalue weighted by Crippen LogP contribution is 2.21. The van der Waals surface area contributed by atoms with Crippen LogP contribution in [0.3, 0.4) is 0 Å². The van der Waals surface area contributed by atoms with Gasteiger partial charge in [-0.1, -0.05) is 30.3 Å². The zero-order chi connectivity index (χ0) is 16.2. The van der Waals surface area contributed by atoms with E-state index < -0.39 is 0 Å². The van der Waals surface area contributed by atoms with E-state index in [0.717, 1.165) is 33.5 Å². The number of nitrogens with one attached hydrogen (secondary N) is 1. The first-order valence-electron chi connectivity index (χ1n) is 7.47. The molecule has 116 valence electrons. The summed E-state index contributed by atoms with van der Waals surface area (Å²) in [7, 11) is 0. The summed E-state index contributed by atoms with van der Waals surface area (Å²) in [6, 6.07) is 15.4. The van der Waals surface area contributed by atoms with Crippen LogP contribution < -0.4 is 10.1 Å². The van der Waals surface area contributed by atoms with Crippen LogP contribution >= 0.6 is 0 Å². The number of fused-ring (bicyclic) bond motifs is 1. The van der Waals surface area contributed by atoms with Gasteiger partial charge in [-0.2, -0.15) is 0 Å². The molecule has 1 amide bonds. The molecule has 0 unspecified atom stereocenters. The number of rotatable bonds is 4. The number of aromatic nitrogens is 1. The molecule has 4 heteroatoms. The molecular formula is C19H18N2O2. The first-order chi connectivity index (χ1) is 11.1. The predicted octanol–water partition coefficient (Wildman–Crippen LogP) is 3.87. The number of anilines is 1. The summed E-state index contributed by atoms with van der Waals surface area (Å²) in [4.78, 5) is 16.5. The Morgan fingerprint density at radius 1 is 1.13 bits per heavy atom. The van der Waals surface area contributed by atoms with E-state index in [9.17, 15) is 4.79 Å². The lowest BCUT2D eigenvalue weighted by Gasteiger charge is -2.11. The minimum atomic E-state index is -0.192. The Kier molecular flexibility index (Phi) is 4.24. The molecule has 23 heavy (non-hydrogen) atoms. The molecular weight excluding hydrogens is 288 g/mol. The van der Waals surface area contributed by atoms with Gasteiger partial charge in [0, 0.05) is 11.6 Å². The fraction of sp³-hybridized carbons (Fsp3) is 0.158. The molecule has 0 aliphatic rings. The molecule has 3 rings (SSSR count). The average Bonchev–Trinajstić information content (AvgIpc) is 2.56. The molecule has 0 aliphatic heterocycles. The van der Waals surface area contributed by atoms with Gasteiger partial charge >= 0.3 is 0 Å². The van der Waals surface area contributed by atoms with Crippen LogP contribution in [0.2, 0.25) is 0 Å². The summed E-state index contributed by atoms with van der Waals surface area (Å²) in [5, 5.41) is 3.80. The fourth-order valence-corrected chi connectivity index (χ4v) is 2.40. The Balaban J connectivity index is 1.70. The Morgan fingerprint density at radius 3 is 2.83 bits per heavy atom. The highest BCUT2D eigenvalue weighted by Gasteiger charge is 2.08. The van der Waals surface area contributed by atoms with E-state index in [2.05, 4.69) is 10.3 Å². The van der Waals surface area contributed by atoms with E-state index >= 15 is 0 Å². The molecule has 0 atom stereocenters. The maximum absolute atomic E-state index is 12.2. The lowest BCUT2D eigenvalue weighted by Crippen LogP contribution is -2.20.